The summed E-state index contributed by atoms with van der Waals surface area (Å²) in [6.07, 6.45) is 12.3. The third-order valence-electron chi connectivity index (χ3n) is 4.91. The Hall–Kier alpha value is -1.55. The first-order valence-electron chi connectivity index (χ1n) is 10.1. The average molecular weight is 500 g/mol. The first kappa shape index (κ1) is 22.7. The molecular weight excluding hydrogens is 467 g/mol. The molecule has 0 aliphatic carbocycles. The van der Waals surface area contributed by atoms with E-state index in [4.69, 9.17) is 9.41 Å². The summed E-state index contributed by atoms with van der Waals surface area (Å²) >= 11 is 0. The molecule has 1 fully saturated rings. The molecule has 28 heavy (non-hydrogen) atoms. The molecule has 1 atom stereocenters. The maximum Gasteiger partial charge on any atom is 0.191 e. The number of hydrogen-bond acceptors (Lipinski definition) is 4. The highest BCUT2D eigenvalue weighted by Crippen LogP contribution is 2.25. The highest BCUT2D eigenvalue weighted by molar-refractivity contribution is 14.0. The molecule has 8 heteroatoms. The van der Waals surface area contributed by atoms with Gasteiger partial charge in [-0.3, -0.25) is 9.89 Å². The van der Waals surface area contributed by atoms with E-state index in [1.54, 1.807) is 6.26 Å². The molecule has 2 aromatic heterocycles. The fourth-order valence-corrected chi connectivity index (χ4v) is 3.50. The number of guanidine groups is 1. The molecule has 3 rings (SSSR count). The quantitative estimate of drug-likeness (QED) is 0.240. The molecule has 1 aliphatic rings. The lowest BCUT2D eigenvalue weighted by molar-refractivity contribution is 0.150. The van der Waals surface area contributed by atoms with Crippen LogP contribution in [0.5, 0.6) is 0 Å². The van der Waals surface area contributed by atoms with Crippen LogP contribution in [0.25, 0.3) is 0 Å². The van der Waals surface area contributed by atoms with Crippen LogP contribution in [0.4, 0.5) is 0 Å². The van der Waals surface area contributed by atoms with E-state index in [2.05, 4.69) is 38.1 Å². The predicted molar refractivity (Wildman–Crippen MR) is 123 cm³/mol. The lowest BCUT2D eigenvalue weighted by atomic mass is 10.1. The molecule has 1 unspecified atom stereocenters. The van der Waals surface area contributed by atoms with Crippen molar-refractivity contribution < 1.29 is 4.42 Å². The van der Waals surface area contributed by atoms with Gasteiger partial charge in [-0.15, -0.1) is 24.0 Å². The number of halogens is 1. The summed E-state index contributed by atoms with van der Waals surface area (Å²) in [6, 6.07) is 4.25. The molecule has 0 saturated carbocycles. The Morgan fingerprint density at radius 3 is 2.82 bits per heavy atom. The molecule has 0 spiro atoms. The second-order valence-corrected chi connectivity index (χ2v) is 6.93. The van der Waals surface area contributed by atoms with Crippen molar-refractivity contribution in [2.24, 2.45) is 4.99 Å². The van der Waals surface area contributed by atoms with Gasteiger partial charge in [0.05, 0.1) is 25.2 Å². The summed E-state index contributed by atoms with van der Waals surface area (Å²) in [5.41, 5.74) is 0. The Morgan fingerprint density at radius 2 is 2.14 bits per heavy atom. The van der Waals surface area contributed by atoms with E-state index in [9.17, 15) is 0 Å². The van der Waals surface area contributed by atoms with E-state index >= 15 is 0 Å². The van der Waals surface area contributed by atoms with E-state index in [1.807, 2.05) is 24.8 Å². The number of rotatable bonds is 9. The predicted octanol–water partition coefficient (Wildman–Crippen LogP) is 3.27. The molecule has 2 N–H and O–H groups in total. The van der Waals surface area contributed by atoms with Gasteiger partial charge < -0.3 is 19.6 Å². The maximum atomic E-state index is 5.72. The van der Waals surface area contributed by atoms with Gasteiger partial charge in [-0.2, -0.15) is 0 Å². The molecule has 0 bridgehead atoms. The number of hydrogen-bond donors (Lipinski definition) is 2. The Labute approximate surface area is 185 Å². The second-order valence-electron chi connectivity index (χ2n) is 6.93. The number of nitrogens with one attached hydrogen (secondary N) is 2. The smallest absolute Gasteiger partial charge is 0.191 e. The second kappa shape index (κ2) is 12.8. The van der Waals surface area contributed by atoms with Gasteiger partial charge in [0.15, 0.2) is 5.96 Å². The fraction of sp³-hybridized carbons (Fsp3) is 0.600. The lowest BCUT2D eigenvalue weighted by Crippen LogP contribution is -2.40. The third kappa shape index (κ3) is 7.12. The minimum absolute atomic E-state index is 0. The largest absolute Gasteiger partial charge is 0.468 e. The van der Waals surface area contributed by atoms with Crippen LogP contribution in [-0.4, -0.2) is 53.1 Å². The van der Waals surface area contributed by atoms with Crippen molar-refractivity contribution in [3.8, 4) is 0 Å². The van der Waals surface area contributed by atoms with Gasteiger partial charge in [-0.1, -0.05) is 6.42 Å². The van der Waals surface area contributed by atoms with Crippen LogP contribution < -0.4 is 10.6 Å². The molecule has 0 amide bonds. The van der Waals surface area contributed by atoms with Crippen LogP contribution in [0.3, 0.4) is 0 Å². The molecule has 156 valence electrons. The SMILES string of the molecule is CCNC(=NCC(c1ccco1)N1CCCCC1)NCCCn1ccnc1.I. The number of aromatic nitrogens is 2. The van der Waals surface area contributed by atoms with Crippen molar-refractivity contribution in [1.29, 1.82) is 0 Å². The molecule has 0 radical (unpaired) electrons. The van der Waals surface area contributed by atoms with Crippen LogP contribution in [0.1, 0.15) is 44.4 Å². The highest BCUT2D eigenvalue weighted by Gasteiger charge is 2.24. The van der Waals surface area contributed by atoms with Crippen LogP contribution >= 0.6 is 24.0 Å². The molecule has 7 nitrogen and oxygen atoms in total. The summed E-state index contributed by atoms with van der Waals surface area (Å²) < 4.78 is 7.81. The molecule has 3 heterocycles. The van der Waals surface area contributed by atoms with E-state index in [1.165, 1.54) is 19.3 Å². The van der Waals surface area contributed by atoms with E-state index in [0.29, 0.717) is 6.54 Å². The zero-order valence-electron chi connectivity index (χ0n) is 16.7. The Bertz CT molecular complexity index is 652. The number of nitrogens with zero attached hydrogens (tertiary/aromatic N) is 4. The van der Waals surface area contributed by atoms with Crippen molar-refractivity contribution in [3.63, 3.8) is 0 Å². The lowest BCUT2D eigenvalue weighted by Gasteiger charge is -2.32. The highest BCUT2D eigenvalue weighted by atomic mass is 127. The van der Waals surface area contributed by atoms with Gasteiger partial charge in [0.25, 0.3) is 0 Å². The molecule has 1 aliphatic heterocycles. The Kier molecular flexibility index (Phi) is 10.4. The number of aliphatic imine (C=N–C) groups is 1. The number of likely N-dealkylation sites (tertiary alicyclic amines) is 1. The minimum atomic E-state index is 0. The number of piperidine rings is 1. The van der Waals surface area contributed by atoms with Crippen LogP contribution in [0.15, 0.2) is 46.5 Å². The van der Waals surface area contributed by atoms with Gasteiger partial charge in [0.1, 0.15) is 5.76 Å². The van der Waals surface area contributed by atoms with Crippen LogP contribution in [0.2, 0.25) is 0 Å². The van der Waals surface area contributed by atoms with Crippen LogP contribution in [0, 0.1) is 0 Å². The van der Waals surface area contributed by atoms with Gasteiger partial charge in [-0.25, -0.2) is 4.98 Å². The Balaban J connectivity index is 0.00000280. The zero-order valence-corrected chi connectivity index (χ0v) is 19.0. The average Bonchev–Trinajstić information content (AvgIpc) is 3.40. The van der Waals surface area contributed by atoms with Gasteiger partial charge in [0.2, 0.25) is 0 Å². The van der Waals surface area contributed by atoms with E-state index in [0.717, 1.165) is 50.9 Å². The van der Waals surface area contributed by atoms with Crippen LogP contribution in [-0.2, 0) is 6.54 Å². The van der Waals surface area contributed by atoms with Crippen molar-refractivity contribution >= 4 is 29.9 Å². The molecular formula is C20H33IN6O. The van der Waals surface area contributed by atoms with Crippen molar-refractivity contribution in [1.82, 2.24) is 25.1 Å². The summed E-state index contributed by atoms with van der Waals surface area (Å²) in [5, 5.41) is 6.79. The van der Waals surface area contributed by atoms with E-state index < -0.39 is 0 Å². The minimum Gasteiger partial charge on any atom is -0.468 e. The molecule has 0 aromatic carbocycles. The zero-order chi connectivity index (χ0) is 18.7. The normalized spacial score (nSPS) is 16.4. The summed E-state index contributed by atoms with van der Waals surface area (Å²) in [5.74, 6) is 1.88. The standard InChI is InChI=1S/C20H32N6O.HI/c1-2-22-20(23-9-7-11-25-14-10-21-17-25)24-16-18(19-8-6-15-27-19)26-12-4-3-5-13-26;/h6,8,10,14-15,17-18H,2-5,7,9,11-13,16H2,1H3,(H2,22,23,24);1H. The number of furan rings is 1. The fourth-order valence-electron chi connectivity index (χ4n) is 3.50. The topological polar surface area (TPSA) is 70.6 Å². The van der Waals surface area contributed by atoms with Gasteiger partial charge >= 0.3 is 0 Å². The van der Waals surface area contributed by atoms with Crippen molar-refractivity contribution in [2.75, 3.05) is 32.7 Å². The maximum absolute atomic E-state index is 5.72. The summed E-state index contributed by atoms with van der Waals surface area (Å²) in [6.45, 7) is 7.71. The molecule has 2 aromatic rings. The van der Waals surface area contributed by atoms with Crippen molar-refractivity contribution in [3.05, 3.63) is 42.9 Å². The van der Waals surface area contributed by atoms with Gasteiger partial charge in [-0.05, 0) is 51.4 Å². The summed E-state index contributed by atoms with van der Waals surface area (Å²) in [7, 11) is 0. The molecule has 1 saturated heterocycles. The number of imidazole rings is 1. The first-order chi connectivity index (χ1) is 13.4. The third-order valence-corrected chi connectivity index (χ3v) is 4.91. The monoisotopic (exact) mass is 500 g/mol. The van der Waals surface area contributed by atoms with Gasteiger partial charge in [0, 0.05) is 32.0 Å². The van der Waals surface area contributed by atoms with Crippen molar-refractivity contribution in [2.45, 2.75) is 45.2 Å². The first-order valence-corrected chi connectivity index (χ1v) is 10.1. The van der Waals surface area contributed by atoms with E-state index in [-0.39, 0.29) is 30.0 Å². The Morgan fingerprint density at radius 1 is 1.29 bits per heavy atom. The summed E-state index contributed by atoms with van der Waals surface area (Å²) in [4.78, 5) is 11.4. The number of aryl methyl sites for hydroxylation is 1.